The lowest BCUT2D eigenvalue weighted by atomic mass is 10.2. The van der Waals surface area contributed by atoms with Crippen LogP contribution in [0.2, 0.25) is 0 Å². The van der Waals surface area contributed by atoms with E-state index < -0.39 is 0 Å². The van der Waals surface area contributed by atoms with Crippen molar-refractivity contribution >= 4 is 23.0 Å². The van der Waals surface area contributed by atoms with E-state index >= 15 is 0 Å². The lowest BCUT2D eigenvalue weighted by molar-refractivity contribution is 1.17. The second-order valence-corrected chi connectivity index (χ2v) is 5.27. The number of aryl methyl sites for hydroxylation is 2. The molecule has 2 N–H and O–H groups in total. The third kappa shape index (κ3) is 3.61. The standard InChI is InChI=1S/C18H18N4/c1-13-6-8-15(9-7-13)21-17-11-18(20-12-19-17)22-16-5-3-4-14(2)10-16/h3-12H,1-2H3,(H2,19,20,21,22). The molecule has 0 amide bonds. The topological polar surface area (TPSA) is 49.8 Å². The van der Waals surface area contributed by atoms with Gasteiger partial charge in [0.25, 0.3) is 0 Å². The fourth-order valence-electron chi connectivity index (χ4n) is 2.15. The van der Waals surface area contributed by atoms with Crippen molar-refractivity contribution < 1.29 is 0 Å². The van der Waals surface area contributed by atoms with Gasteiger partial charge in [0.2, 0.25) is 0 Å². The molecule has 0 saturated carbocycles. The Balaban J connectivity index is 1.76. The zero-order chi connectivity index (χ0) is 15.4. The minimum absolute atomic E-state index is 0.758. The van der Waals surface area contributed by atoms with Crippen molar-refractivity contribution in [3.05, 3.63) is 72.1 Å². The molecule has 4 heteroatoms. The van der Waals surface area contributed by atoms with Gasteiger partial charge in [0.15, 0.2) is 0 Å². The number of anilines is 4. The van der Waals surface area contributed by atoms with Gasteiger partial charge in [0, 0.05) is 17.4 Å². The van der Waals surface area contributed by atoms with E-state index in [4.69, 9.17) is 0 Å². The van der Waals surface area contributed by atoms with Crippen LogP contribution in [-0.4, -0.2) is 9.97 Å². The van der Waals surface area contributed by atoms with E-state index in [0.717, 1.165) is 23.0 Å². The number of hydrogen-bond donors (Lipinski definition) is 2. The summed E-state index contributed by atoms with van der Waals surface area (Å²) in [5.41, 5.74) is 4.46. The highest BCUT2D eigenvalue weighted by molar-refractivity contribution is 5.63. The molecular formula is C18H18N4. The van der Waals surface area contributed by atoms with Crippen LogP contribution in [0.15, 0.2) is 60.9 Å². The van der Waals surface area contributed by atoms with E-state index in [9.17, 15) is 0 Å². The highest BCUT2D eigenvalue weighted by atomic mass is 15.1. The zero-order valence-corrected chi connectivity index (χ0v) is 12.7. The molecule has 1 aromatic heterocycles. The molecule has 22 heavy (non-hydrogen) atoms. The molecule has 0 bridgehead atoms. The Morgan fingerprint density at radius 1 is 0.682 bits per heavy atom. The van der Waals surface area contributed by atoms with E-state index in [1.165, 1.54) is 11.1 Å². The average molecular weight is 290 g/mol. The van der Waals surface area contributed by atoms with E-state index in [1.54, 1.807) is 6.33 Å². The molecule has 110 valence electrons. The largest absolute Gasteiger partial charge is 0.340 e. The molecule has 0 radical (unpaired) electrons. The van der Waals surface area contributed by atoms with Gasteiger partial charge in [-0.25, -0.2) is 9.97 Å². The number of rotatable bonds is 4. The monoisotopic (exact) mass is 290 g/mol. The molecule has 0 spiro atoms. The van der Waals surface area contributed by atoms with Crippen LogP contribution in [0.3, 0.4) is 0 Å². The first-order valence-electron chi connectivity index (χ1n) is 7.18. The number of aromatic nitrogens is 2. The summed E-state index contributed by atoms with van der Waals surface area (Å²) >= 11 is 0. The van der Waals surface area contributed by atoms with Crippen molar-refractivity contribution in [2.75, 3.05) is 10.6 Å². The molecule has 0 aliphatic heterocycles. The van der Waals surface area contributed by atoms with Gasteiger partial charge < -0.3 is 10.6 Å². The Morgan fingerprint density at radius 2 is 1.36 bits per heavy atom. The van der Waals surface area contributed by atoms with E-state index in [-0.39, 0.29) is 0 Å². The van der Waals surface area contributed by atoms with Gasteiger partial charge >= 0.3 is 0 Å². The molecule has 0 fully saturated rings. The second-order valence-electron chi connectivity index (χ2n) is 5.27. The maximum absolute atomic E-state index is 4.26. The molecule has 4 nitrogen and oxygen atoms in total. The average Bonchev–Trinajstić information content (AvgIpc) is 2.50. The summed E-state index contributed by atoms with van der Waals surface area (Å²) in [6.07, 6.45) is 1.55. The fraction of sp³-hybridized carbons (Fsp3) is 0.111. The van der Waals surface area contributed by atoms with Crippen LogP contribution in [0.4, 0.5) is 23.0 Å². The van der Waals surface area contributed by atoms with Crippen molar-refractivity contribution in [1.82, 2.24) is 9.97 Å². The van der Waals surface area contributed by atoms with Gasteiger partial charge in [-0.15, -0.1) is 0 Å². The van der Waals surface area contributed by atoms with Crippen LogP contribution < -0.4 is 10.6 Å². The summed E-state index contributed by atoms with van der Waals surface area (Å²) in [5.74, 6) is 1.52. The van der Waals surface area contributed by atoms with Gasteiger partial charge in [0.05, 0.1) is 0 Å². The summed E-state index contributed by atoms with van der Waals surface area (Å²) in [6.45, 7) is 4.13. The van der Waals surface area contributed by atoms with Crippen LogP contribution in [-0.2, 0) is 0 Å². The molecule has 0 unspecified atom stereocenters. The number of hydrogen-bond acceptors (Lipinski definition) is 4. The zero-order valence-electron chi connectivity index (χ0n) is 12.7. The number of nitrogens with zero attached hydrogens (tertiary/aromatic N) is 2. The summed E-state index contributed by atoms with van der Waals surface area (Å²) in [6, 6.07) is 18.3. The summed E-state index contributed by atoms with van der Waals surface area (Å²) in [4.78, 5) is 8.51. The summed E-state index contributed by atoms with van der Waals surface area (Å²) in [5, 5.41) is 6.57. The third-order valence-electron chi connectivity index (χ3n) is 3.28. The smallest absolute Gasteiger partial charge is 0.135 e. The van der Waals surface area contributed by atoms with Crippen molar-refractivity contribution in [1.29, 1.82) is 0 Å². The predicted molar refractivity (Wildman–Crippen MR) is 91.0 cm³/mol. The Bertz CT molecular complexity index is 766. The highest BCUT2D eigenvalue weighted by Gasteiger charge is 2.01. The Labute approximate surface area is 130 Å². The quantitative estimate of drug-likeness (QED) is 0.738. The van der Waals surface area contributed by atoms with Crippen molar-refractivity contribution in [2.45, 2.75) is 13.8 Å². The SMILES string of the molecule is Cc1ccc(Nc2cc(Nc3cccc(C)c3)ncn2)cc1. The molecule has 0 atom stereocenters. The van der Waals surface area contributed by atoms with Crippen LogP contribution >= 0.6 is 0 Å². The first-order chi connectivity index (χ1) is 10.7. The van der Waals surface area contributed by atoms with E-state index in [2.05, 4.69) is 58.7 Å². The summed E-state index contributed by atoms with van der Waals surface area (Å²) in [7, 11) is 0. The second kappa shape index (κ2) is 6.26. The van der Waals surface area contributed by atoms with Gasteiger partial charge in [-0.05, 0) is 43.7 Å². The van der Waals surface area contributed by atoms with Crippen molar-refractivity contribution in [2.24, 2.45) is 0 Å². The molecule has 3 aromatic rings. The van der Waals surface area contributed by atoms with Gasteiger partial charge in [-0.3, -0.25) is 0 Å². The van der Waals surface area contributed by atoms with Gasteiger partial charge in [-0.2, -0.15) is 0 Å². The molecule has 3 rings (SSSR count). The van der Waals surface area contributed by atoms with Crippen LogP contribution in [0.1, 0.15) is 11.1 Å². The first kappa shape index (κ1) is 14.1. The highest BCUT2D eigenvalue weighted by Crippen LogP contribution is 2.20. The fourth-order valence-corrected chi connectivity index (χ4v) is 2.15. The molecule has 0 aliphatic rings. The molecule has 0 saturated heterocycles. The minimum Gasteiger partial charge on any atom is -0.340 e. The van der Waals surface area contributed by atoms with Crippen LogP contribution in [0, 0.1) is 13.8 Å². The Morgan fingerprint density at radius 3 is 2.05 bits per heavy atom. The molecule has 1 heterocycles. The lowest BCUT2D eigenvalue weighted by Crippen LogP contribution is -1.98. The van der Waals surface area contributed by atoms with E-state index in [1.807, 2.05) is 30.3 Å². The number of nitrogens with one attached hydrogen (secondary N) is 2. The lowest BCUT2D eigenvalue weighted by Gasteiger charge is -2.09. The molecular weight excluding hydrogens is 272 g/mol. The van der Waals surface area contributed by atoms with Gasteiger partial charge in [0.1, 0.15) is 18.0 Å². The molecule has 0 aliphatic carbocycles. The predicted octanol–water partition coefficient (Wildman–Crippen LogP) is 4.58. The van der Waals surface area contributed by atoms with Crippen molar-refractivity contribution in [3.8, 4) is 0 Å². The maximum Gasteiger partial charge on any atom is 0.135 e. The third-order valence-corrected chi connectivity index (χ3v) is 3.28. The number of benzene rings is 2. The molecule has 2 aromatic carbocycles. The van der Waals surface area contributed by atoms with Gasteiger partial charge in [-0.1, -0.05) is 29.8 Å². The normalized spacial score (nSPS) is 10.3. The Hall–Kier alpha value is -2.88. The van der Waals surface area contributed by atoms with E-state index in [0.29, 0.717) is 0 Å². The minimum atomic E-state index is 0.758. The van der Waals surface area contributed by atoms with Crippen LogP contribution in [0.5, 0.6) is 0 Å². The van der Waals surface area contributed by atoms with Crippen molar-refractivity contribution in [3.63, 3.8) is 0 Å². The summed E-state index contributed by atoms with van der Waals surface area (Å²) < 4.78 is 0. The van der Waals surface area contributed by atoms with Crippen LogP contribution in [0.25, 0.3) is 0 Å². The maximum atomic E-state index is 4.26. The first-order valence-corrected chi connectivity index (χ1v) is 7.18. The Kier molecular flexibility index (Phi) is 4.01.